The van der Waals surface area contributed by atoms with E-state index in [1.807, 2.05) is 11.7 Å². The van der Waals surface area contributed by atoms with Crippen molar-refractivity contribution in [2.24, 2.45) is 12.0 Å². The van der Waals surface area contributed by atoms with Gasteiger partial charge in [0.05, 0.1) is 12.2 Å². The molecule has 6 nitrogen and oxygen atoms in total. The molecule has 0 aliphatic carbocycles. The Morgan fingerprint density at radius 1 is 1.28 bits per heavy atom. The summed E-state index contributed by atoms with van der Waals surface area (Å²) < 4.78 is 1.93. The summed E-state index contributed by atoms with van der Waals surface area (Å²) in [5.41, 5.74) is 3.48. The van der Waals surface area contributed by atoms with Crippen LogP contribution in [-0.4, -0.2) is 52.9 Å². The van der Waals surface area contributed by atoms with Gasteiger partial charge in [-0.25, -0.2) is 4.99 Å². The molecule has 0 saturated carbocycles. The fourth-order valence-corrected chi connectivity index (χ4v) is 3.52. The van der Waals surface area contributed by atoms with Gasteiger partial charge in [0.15, 0.2) is 5.96 Å². The van der Waals surface area contributed by atoms with Crippen molar-refractivity contribution in [3.63, 3.8) is 0 Å². The average Bonchev–Trinajstić information content (AvgIpc) is 2.83. The normalized spacial score (nSPS) is 19.2. The van der Waals surface area contributed by atoms with Gasteiger partial charge in [0, 0.05) is 44.0 Å². The summed E-state index contributed by atoms with van der Waals surface area (Å²) in [5, 5.41) is 11.3. The average molecular weight is 349 g/mol. The Kier molecular flexibility index (Phi) is 7.75. The Labute approximate surface area is 153 Å². The number of aryl methyl sites for hydroxylation is 2. The number of aromatic nitrogens is 2. The molecule has 0 radical (unpaired) electrons. The Bertz CT molecular complexity index is 563. The molecular weight excluding hydrogens is 312 g/mol. The van der Waals surface area contributed by atoms with Crippen LogP contribution >= 0.6 is 0 Å². The maximum Gasteiger partial charge on any atom is 0.191 e. The summed E-state index contributed by atoms with van der Waals surface area (Å²) >= 11 is 0. The van der Waals surface area contributed by atoms with Crippen LogP contribution in [0.15, 0.2) is 4.99 Å². The molecule has 1 aromatic rings. The third-order valence-electron chi connectivity index (χ3n) is 5.25. The van der Waals surface area contributed by atoms with Gasteiger partial charge >= 0.3 is 0 Å². The van der Waals surface area contributed by atoms with Gasteiger partial charge in [-0.3, -0.25) is 4.68 Å². The summed E-state index contributed by atoms with van der Waals surface area (Å²) in [6.45, 7) is 13.6. The van der Waals surface area contributed by atoms with E-state index in [4.69, 9.17) is 4.99 Å². The van der Waals surface area contributed by atoms with Gasteiger partial charge in [0.1, 0.15) is 0 Å². The van der Waals surface area contributed by atoms with Crippen molar-refractivity contribution in [3.05, 3.63) is 17.0 Å². The maximum atomic E-state index is 4.75. The number of hydrogen-bond acceptors (Lipinski definition) is 3. The second-order valence-corrected chi connectivity index (χ2v) is 7.13. The number of nitrogens with one attached hydrogen (secondary N) is 2. The van der Waals surface area contributed by atoms with Gasteiger partial charge in [-0.2, -0.15) is 5.10 Å². The fourth-order valence-electron chi connectivity index (χ4n) is 3.52. The summed E-state index contributed by atoms with van der Waals surface area (Å²) in [7, 11) is 1.99. The van der Waals surface area contributed by atoms with E-state index in [0.717, 1.165) is 37.2 Å². The van der Waals surface area contributed by atoms with Crippen molar-refractivity contribution >= 4 is 5.96 Å². The molecule has 1 unspecified atom stereocenters. The van der Waals surface area contributed by atoms with E-state index in [-0.39, 0.29) is 0 Å². The van der Waals surface area contributed by atoms with Crippen LogP contribution in [0.25, 0.3) is 0 Å². The first kappa shape index (κ1) is 19.8. The highest BCUT2D eigenvalue weighted by molar-refractivity contribution is 5.79. The SMILES string of the molecule is CCNC(=NCc1c(C)nn(C)c1C)NCCCN1CCCCC1C. The molecule has 2 rings (SSSR count). The van der Waals surface area contributed by atoms with Crippen LogP contribution in [-0.2, 0) is 13.6 Å². The van der Waals surface area contributed by atoms with Crippen molar-refractivity contribution < 1.29 is 0 Å². The van der Waals surface area contributed by atoms with Gasteiger partial charge in [-0.15, -0.1) is 0 Å². The first-order chi connectivity index (χ1) is 12.0. The van der Waals surface area contributed by atoms with Crippen LogP contribution in [0.1, 0.15) is 56.5 Å². The van der Waals surface area contributed by atoms with E-state index < -0.39 is 0 Å². The smallest absolute Gasteiger partial charge is 0.191 e. The zero-order valence-electron chi connectivity index (χ0n) is 16.7. The minimum atomic E-state index is 0.671. The molecule has 1 saturated heterocycles. The van der Waals surface area contributed by atoms with Crippen molar-refractivity contribution in [3.8, 4) is 0 Å². The van der Waals surface area contributed by atoms with Crippen LogP contribution in [0.2, 0.25) is 0 Å². The van der Waals surface area contributed by atoms with Crippen LogP contribution in [0.3, 0.4) is 0 Å². The van der Waals surface area contributed by atoms with E-state index in [2.05, 4.69) is 48.3 Å². The fraction of sp³-hybridized carbons (Fsp3) is 0.789. The lowest BCUT2D eigenvalue weighted by molar-refractivity contribution is 0.159. The molecule has 0 aromatic carbocycles. The van der Waals surface area contributed by atoms with Crippen LogP contribution < -0.4 is 10.6 Å². The Balaban J connectivity index is 1.81. The highest BCUT2D eigenvalue weighted by Gasteiger charge is 2.17. The van der Waals surface area contributed by atoms with Crippen molar-refractivity contribution in [2.75, 3.05) is 26.2 Å². The lowest BCUT2D eigenvalue weighted by Crippen LogP contribution is -2.41. The molecule has 25 heavy (non-hydrogen) atoms. The highest BCUT2D eigenvalue weighted by atomic mass is 15.3. The highest BCUT2D eigenvalue weighted by Crippen LogP contribution is 2.16. The first-order valence-electron chi connectivity index (χ1n) is 9.78. The van der Waals surface area contributed by atoms with Crippen LogP contribution in [0.5, 0.6) is 0 Å². The number of rotatable bonds is 7. The molecule has 1 aliphatic heterocycles. The minimum Gasteiger partial charge on any atom is -0.357 e. The molecular formula is C19H36N6. The van der Waals surface area contributed by atoms with Crippen LogP contribution in [0.4, 0.5) is 0 Å². The number of guanidine groups is 1. The largest absolute Gasteiger partial charge is 0.357 e. The number of likely N-dealkylation sites (tertiary alicyclic amines) is 1. The van der Waals surface area contributed by atoms with Gasteiger partial charge in [0.2, 0.25) is 0 Å². The molecule has 2 heterocycles. The summed E-state index contributed by atoms with van der Waals surface area (Å²) in [6.07, 6.45) is 5.24. The van der Waals surface area contributed by atoms with Gasteiger partial charge in [-0.1, -0.05) is 6.42 Å². The molecule has 6 heteroatoms. The van der Waals surface area contributed by atoms with Gasteiger partial charge in [-0.05, 0) is 53.5 Å². The molecule has 142 valence electrons. The van der Waals surface area contributed by atoms with Gasteiger partial charge in [0.25, 0.3) is 0 Å². The molecule has 1 aromatic heterocycles. The second kappa shape index (κ2) is 9.80. The molecule has 1 atom stereocenters. The summed E-state index contributed by atoms with van der Waals surface area (Å²) in [4.78, 5) is 7.37. The van der Waals surface area contributed by atoms with Crippen molar-refractivity contribution in [2.45, 2.75) is 66.0 Å². The molecule has 0 spiro atoms. The number of nitrogens with zero attached hydrogens (tertiary/aromatic N) is 4. The summed E-state index contributed by atoms with van der Waals surface area (Å²) in [6, 6.07) is 0.743. The molecule has 1 aliphatic rings. The van der Waals surface area contributed by atoms with Gasteiger partial charge < -0.3 is 15.5 Å². The van der Waals surface area contributed by atoms with E-state index in [0.29, 0.717) is 6.54 Å². The second-order valence-electron chi connectivity index (χ2n) is 7.13. The predicted octanol–water partition coefficient (Wildman–Crippen LogP) is 2.36. The van der Waals surface area contributed by atoms with E-state index in [1.54, 1.807) is 0 Å². The predicted molar refractivity (Wildman–Crippen MR) is 105 cm³/mol. The molecule has 2 N–H and O–H groups in total. The maximum absolute atomic E-state index is 4.75. The van der Waals surface area contributed by atoms with Crippen LogP contribution in [0, 0.1) is 13.8 Å². The topological polar surface area (TPSA) is 57.5 Å². The Hall–Kier alpha value is -1.56. The first-order valence-corrected chi connectivity index (χ1v) is 9.78. The van der Waals surface area contributed by atoms with E-state index in [9.17, 15) is 0 Å². The Morgan fingerprint density at radius 3 is 2.72 bits per heavy atom. The van der Waals surface area contributed by atoms with Crippen molar-refractivity contribution in [1.29, 1.82) is 0 Å². The molecule has 1 fully saturated rings. The van der Waals surface area contributed by atoms with E-state index in [1.165, 1.54) is 43.6 Å². The quantitative estimate of drug-likeness (QED) is 0.451. The standard InChI is InChI=1S/C19H36N6/c1-6-20-19(22-14-18-16(3)23-24(5)17(18)4)21-11-9-13-25-12-8-7-10-15(25)2/h15H,6-14H2,1-5H3,(H2,20,21,22). The Morgan fingerprint density at radius 2 is 2.08 bits per heavy atom. The number of aliphatic imine (C=N–C) groups is 1. The minimum absolute atomic E-state index is 0.671. The summed E-state index contributed by atoms with van der Waals surface area (Å²) in [5.74, 6) is 0.900. The van der Waals surface area contributed by atoms with E-state index >= 15 is 0 Å². The monoisotopic (exact) mass is 348 g/mol. The zero-order valence-corrected chi connectivity index (χ0v) is 16.7. The van der Waals surface area contributed by atoms with Crippen molar-refractivity contribution in [1.82, 2.24) is 25.3 Å². The number of hydrogen-bond donors (Lipinski definition) is 2. The zero-order chi connectivity index (χ0) is 18.2. The lowest BCUT2D eigenvalue weighted by Gasteiger charge is -2.33. The lowest BCUT2D eigenvalue weighted by atomic mass is 10.0. The third-order valence-corrected chi connectivity index (χ3v) is 5.25. The third kappa shape index (κ3) is 5.73. The number of piperidine rings is 1. The molecule has 0 amide bonds. The molecule has 0 bridgehead atoms.